The molecule has 3 aromatic carbocycles. The highest BCUT2D eigenvalue weighted by atomic mass is 19.4. The zero-order chi connectivity index (χ0) is 28.4. The van der Waals surface area contributed by atoms with Crippen LogP contribution in [0.3, 0.4) is 0 Å². The first-order valence-electron chi connectivity index (χ1n) is 12.7. The molecule has 2 N–H and O–H groups in total. The number of hydrogen-bond acceptors (Lipinski definition) is 5. The van der Waals surface area contributed by atoms with Gasteiger partial charge in [0.2, 0.25) is 5.95 Å². The van der Waals surface area contributed by atoms with E-state index >= 15 is 0 Å². The topological polar surface area (TPSA) is 84.7 Å². The second-order valence-corrected chi connectivity index (χ2v) is 9.54. The third kappa shape index (κ3) is 5.80. The molecule has 10 heteroatoms. The minimum Gasteiger partial charge on any atom is -0.346 e. The molecule has 1 atom stereocenters. The van der Waals surface area contributed by atoms with Gasteiger partial charge in [0.05, 0.1) is 29.0 Å². The molecular formula is C30H27F3N6O. The van der Waals surface area contributed by atoms with Crippen LogP contribution in [0.25, 0.3) is 22.0 Å². The zero-order valence-electron chi connectivity index (χ0n) is 22.1. The van der Waals surface area contributed by atoms with E-state index in [1.54, 1.807) is 24.0 Å². The van der Waals surface area contributed by atoms with E-state index < -0.39 is 23.7 Å². The SMILES string of the molecule is CCc1ccc(C(C)NC(=O)c2cccc(C(F)(F)F)c2)cc1-c1ccc2cnc(Nc3cnn(C)c3)nc2c1. The summed E-state index contributed by atoms with van der Waals surface area (Å²) in [5.74, 6) is -0.121. The first-order chi connectivity index (χ1) is 19.1. The maximum Gasteiger partial charge on any atom is 0.416 e. The molecule has 204 valence electrons. The number of benzene rings is 3. The predicted molar refractivity (Wildman–Crippen MR) is 148 cm³/mol. The fourth-order valence-corrected chi connectivity index (χ4v) is 4.51. The van der Waals surface area contributed by atoms with Crippen LogP contribution in [0.5, 0.6) is 0 Å². The normalized spacial score (nSPS) is 12.3. The summed E-state index contributed by atoms with van der Waals surface area (Å²) in [5, 5.41) is 11.0. The van der Waals surface area contributed by atoms with Gasteiger partial charge >= 0.3 is 6.18 Å². The van der Waals surface area contributed by atoms with Gasteiger partial charge in [0, 0.05) is 30.4 Å². The monoisotopic (exact) mass is 544 g/mol. The third-order valence-corrected chi connectivity index (χ3v) is 6.67. The van der Waals surface area contributed by atoms with Crippen LogP contribution in [0.1, 0.15) is 46.9 Å². The Morgan fingerprint density at radius 3 is 2.60 bits per heavy atom. The minimum absolute atomic E-state index is 0.0445. The molecule has 2 aromatic heterocycles. The van der Waals surface area contributed by atoms with E-state index in [9.17, 15) is 18.0 Å². The van der Waals surface area contributed by atoms with Crippen molar-refractivity contribution in [3.63, 3.8) is 0 Å². The summed E-state index contributed by atoms with van der Waals surface area (Å²) in [4.78, 5) is 21.9. The van der Waals surface area contributed by atoms with Crippen molar-refractivity contribution in [1.29, 1.82) is 0 Å². The van der Waals surface area contributed by atoms with Crippen LogP contribution < -0.4 is 10.6 Å². The fraction of sp³-hybridized carbons (Fsp3) is 0.200. The number of nitrogens with one attached hydrogen (secondary N) is 2. The molecule has 40 heavy (non-hydrogen) atoms. The van der Waals surface area contributed by atoms with Gasteiger partial charge in [-0.2, -0.15) is 18.3 Å². The number of aryl methyl sites for hydroxylation is 2. The summed E-state index contributed by atoms with van der Waals surface area (Å²) in [6.45, 7) is 3.87. The van der Waals surface area contributed by atoms with Crippen LogP contribution >= 0.6 is 0 Å². The maximum absolute atomic E-state index is 13.1. The molecule has 0 bridgehead atoms. The molecule has 0 saturated heterocycles. The van der Waals surface area contributed by atoms with E-state index in [0.717, 1.165) is 57.4 Å². The van der Waals surface area contributed by atoms with E-state index in [1.807, 2.05) is 49.6 Å². The van der Waals surface area contributed by atoms with Crippen molar-refractivity contribution in [1.82, 2.24) is 25.1 Å². The second kappa shape index (κ2) is 10.8. The lowest BCUT2D eigenvalue weighted by Crippen LogP contribution is -2.27. The number of aromatic nitrogens is 4. The number of carbonyl (C=O) groups excluding carboxylic acids is 1. The lowest BCUT2D eigenvalue weighted by atomic mass is 9.93. The van der Waals surface area contributed by atoms with Gasteiger partial charge < -0.3 is 10.6 Å². The van der Waals surface area contributed by atoms with Crippen molar-refractivity contribution >= 4 is 28.4 Å². The van der Waals surface area contributed by atoms with Crippen molar-refractivity contribution in [2.45, 2.75) is 32.5 Å². The summed E-state index contributed by atoms with van der Waals surface area (Å²) in [5.41, 5.74) is 4.52. The van der Waals surface area contributed by atoms with E-state index in [4.69, 9.17) is 0 Å². The fourth-order valence-electron chi connectivity index (χ4n) is 4.51. The maximum atomic E-state index is 13.1. The molecule has 0 saturated carbocycles. The summed E-state index contributed by atoms with van der Waals surface area (Å²) in [6.07, 6.45) is 1.54. The Hall–Kier alpha value is -4.73. The van der Waals surface area contributed by atoms with Crippen molar-refractivity contribution in [3.05, 3.63) is 102 Å². The summed E-state index contributed by atoms with van der Waals surface area (Å²) in [7, 11) is 1.83. The van der Waals surface area contributed by atoms with Crippen LogP contribution in [0.2, 0.25) is 0 Å². The molecule has 1 unspecified atom stereocenters. The van der Waals surface area contributed by atoms with Gasteiger partial charge in [0.25, 0.3) is 5.91 Å². The molecule has 0 spiro atoms. The van der Waals surface area contributed by atoms with E-state index in [2.05, 4.69) is 32.6 Å². The Bertz CT molecular complexity index is 1700. The standard InChI is InChI=1S/C30H27F3N6O/c1-4-19-8-9-20(18(2)36-28(40)22-6-5-7-24(12-22)30(31,32)33)13-26(19)21-10-11-23-15-34-29(38-27(23)14-21)37-25-16-35-39(3)17-25/h5-18H,4H2,1-3H3,(H,36,40)(H,34,37,38). The third-order valence-electron chi connectivity index (χ3n) is 6.67. The summed E-state index contributed by atoms with van der Waals surface area (Å²) >= 11 is 0. The molecule has 1 amide bonds. The number of carbonyl (C=O) groups is 1. The number of hydrogen-bond donors (Lipinski definition) is 2. The Morgan fingerprint density at radius 2 is 1.88 bits per heavy atom. The predicted octanol–water partition coefficient (Wildman–Crippen LogP) is 6.85. The highest BCUT2D eigenvalue weighted by Gasteiger charge is 2.31. The van der Waals surface area contributed by atoms with Crippen LogP contribution in [-0.4, -0.2) is 25.7 Å². The lowest BCUT2D eigenvalue weighted by Gasteiger charge is -2.18. The largest absolute Gasteiger partial charge is 0.416 e. The second-order valence-electron chi connectivity index (χ2n) is 9.54. The van der Waals surface area contributed by atoms with Gasteiger partial charge in [0.15, 0.2) is 0 Å². The molecule has 0 aliphatic heterocycles. The molecule has 0 aliphatic carbocycles. The number of rotatable bonds is 7. The van der Waals surface area contributed by atoms with Gasteiger partial charge in [-0.1, -0.05) is 37.3 Å². The zero-order valence-corrected chi connectivity index (χ0v) is 22.1. The van der Waals surface area contributed by atoms with E-state index in [0.29, 0.717) is 5.95 Å². The number of amides is 1. The average molecular weight is 545 g/mol. The van der Waals surface area contributed by atoms with Crippen molar-refractivity contribution in [3.8, 4) is 11.1 Å². The Labute approximate surface area is 229 Å². The molecule has 5 aromatic rings. The van der Waals surface area contributed by atoms with Gasteiger partial charge in [-0.05, 0) is 65.9 Å². The smallest absolute Gasteiger partial charge is 0.346 e. The van der Waals surface area contributed by atoms with Crippen molar-refractivity contribution in [2.75, 3.05) is 5.32 Å². The summed E-state index contributed by atoms with van der Waals surface area (Å²) in [6, 6.07) is 15.9. The van der Waals surface area contributed by atoms with Crippen LogP contribution in [0.15, 0.2) is 79.3 Å². The average Bonchev–Trinajstić information content (AvgIpc) is 3.35. The van der Waals surface area contributed by atoms with Crippen molar-refractivity contribution < 1.29 is 18.0 Å². The van der Waals surface area contributed by atoms with E-state index in [1.165, 1.54) is 12.1 Å². The first kappa shape index (κ1) is 26.9. The van der Waals surface area contributed by atoms with E-state index in [-0.39, 0.29) is 5.56 Å². The molecule has 0 fully saturated rings. The molecule has 5 rings (SSSR count). The molecular weight excluding hydrogens is 517 g/mol. The highest BCUT2D eigenvalue weighted by Crippen LogP contribution is 2.32. The lowest BCUT2D eigenvalue weighted by molar-refractivity contribution is -0.137. The molecule has 0 radical (unpaired) electrons. The number of halogens is 3. The van der Waals surface area contributed by atoms with Crippen molar-refractivity contribution in [2.24, 2.45) is 7.05 Å². The van der Waals surface area contributed by atoms with Gasteiger partial charge in [-0.3, -0.25) is 9.48 Å². The van der Waals surface area contributed by atoms with Crippen LogP contribution in [0, 0.1) is 0 Å². The number of nitrogens with zero attached hydrogens (tertiary/aromatic N) is 4. The molecule has 2 heterocycles. The Morgan fingerprint density at radius 1 is 1.05 bits per heavy atom. The first-order valence-corrected chi connectivity index (χ1v) is 12.7. The Kier molecular flexibility index (Phi) is 7.25. The van der Waals surface area contributed by atoms with Gasteiger partial charge in [0.1, 0.15) is 0 Å². The minimum atomic E-state index is -4.52. The quantitative estimate of drug-likeness (QED) is 0.234. The van der Waals surface area contributed by atoms with Gasteiger partial charge in [-0.15, -0.1) is 0 Å². The van der Waals surface area contributed by atoms with Crippen LogP contribution in [0.4, 0.5) is 24.8 Å². The molecule has 7 nitrogen and oxygen atoms in total. The Balaban J connectivity index is 1.42. The summed E-state index contributed by atoms with van der Waals surface area (Å²) < 4.78 is 41.0. The van der Waals surface area contributed by atoms with Crippen LogP contribution in [-0.2, 0) is 19.6 Å². The molecule has 0 aliphatic rings. The number of anilines is 2. The van der Waals surface area contributed by atoms with Gasteiger partial charge in [-0.25, -0.2) is 9.97 Å². The number of fused-ring (bicyclic) bond motifs is 1. The highest BCUT2D eigenvalue weighted by molar-refractivity contribution is 5.94. The number of alkyl halides is 3.